The third-order valence-corrected chi connectivity index (χ3v) is 9.62. The van der Waals surface area contributed by atoms with E-state index in [0.717, 1.165) is 0 Å². The minimum absolute atomic E-state index is 0.105. The number of ether oxygens (including phenoxy) is 2. The van der Waals surface area contributed by atoms with Gasteiger partial charge in [0.1, 0.15) is 0 Å². The van der Waals surface area contributed by atoms with E-state index in [2.05, 4.69) is 5.32 Å². The molecule has 10 nitrogen and oxygen atoms in total. The number of rotatable bonds is 6. The molecule has 2 fully saturated rings. The molecule has 0 unspecified atom stereocenters. The molecule has 0 aliphatic carbocycles. The molecule has 0 spiro atoms. The minimum Gasteiger partial charge on any atom is -0.379 e. The predicted molar refractivity (Wildman–Crippen MR) is 129 cm³/mol. The van der Waals surface area contributed by atoms with E-state index in [1.807, 2.05) is 13.8 Å². The van der Waals surface area contributed by atoms with Crippen LogP contribution >= 0.6 is 0 Å². The number of hydrogen-bond acceptors (Lipinski definition) is 7. The molecule has 1 amide bonds. The van der Waals surface area contributed by atoms with Gasteiger partial charge >= 0.3 is 0 Å². The van der Waals surface area contributed by atoms with E-state index in [1.165, 1.54) is 57.1 Å². The zero-order valence-corrected chi connectivity index (χ0v) is 21.2. The van der Waals surface area contributed by atoms with E-state index < -0.39 is 26.0 Å². The Kier molecular flexibility index (Phi) is 7.60. The van der Waals surface area contributed by atoms with Crippen LogP contribution in [0.15, 0.2) is 58.3 Å². The third kappa shape index (κ3) is 5.74. The lowest BCUT2D eigenvalue weighted by molar-refractivity contribution is -0.0440. The minimum atomic E-state index is -3.70. The molecule has 2 aliphatic heterocycles. The van der Waals surface area contributed by atoms with Crippen molar-refractivity contribution < 1.29 is 31.1 Å². The predicted octanol–water partition coefficient (Wildman–Crippen LogP) is 1.76. The average molecular weight is 524 g/mol. The molecule has 12 heteroatoms. The SMILES string of the molecule is C[C@H]1CN(S(=O)(=O)c2ccc(C(=O)Nc3ccc(S(=O)(=O)N4CCOCC4)cc3)cc2)C[C@H](C)O1. The van der Waals surface area contributed by atoms with E-state index >= 15 is 0 Å². The fourth-order valence-corrected chi connectivity index (χ4v) is 7.10. The molecule has 0 saturated carbocycles. The molecule has 2 heterocycles. The van der Waals surface area contributed by atoms with Crippen molar-refractivity contribution >= 4 is 31.6 Å². The van der Waals surface area contributed by atoms with Crippen LogP contribution in [0, 0.1) is 0 Å². The summed E-state index contributed by atoms with van der Waals surface area (Å²) in [7, 11) is -7.33. The summed E-state index contributed by atoms with van der Waals surface area (Å²) in [5.41, 5.74) is 0.696. The Hall–Kier alpha value is -2.35. The third-order valence-electron chi connectivity index (χ3n) is 5.86. The number of carbonyl (C=O) groups excluding carboxylic acids is 1. The Morgan fingerprint density at radius 3 is 1.83 bits per heavy atom. The number of anilines is 1. The summed E-state index contributed by atoms with van der Waals surface area (Å²) in [6.07, 6.45) is -0.400. The highest BCUT2D eigenvalue weighted by Gasteiger charge is 2.32. The summed E-state index contributed by atoms with van der Waals surface area (Å²) in [6.45, 7) is 5.52. The molecular weight excluding hydrogens is 494 g/mol. The molecular formula is C23H29N3O7S2. The number of sulfonamides is 2. The second-order valence-corrected chi connectivity index (χ2v) is 12.5. The average Bonchev–Trinajstić information content (AvgIpc) is 2.84. The van der Waals surface area contributed by atoms with Crippen molar-refractivity contribution in [3.63, 3.8) is 0 Å². The van der Waals surface area contributed by atoms with Crippen LogP contribution in [0.3, 0.4) is 0 Å². The van der Waals surface area contributed by atoms with Crippen LogP contribution in [0.2, 0.25) is 0 Å². The second-order valence-electron chi connectivity index (χ2n) is 8.60. The maximum absolute atomic E-state index is 13.0. The van der Waals surface area contributed by atoms with Crippen molar-refractivity contribution in [3.8, 4) is 0 Å². The Morgan fingerprint density at radius 2 is 1.29 bits per heavy atom. The van der Waals surface area contributed by atoms with Crippen molar-refractivity contribution in [2.24, 2.45) is 0 Å². The molecule has 2 atom stereocenters. The Morgan fingerprint density at radius 1 is 0.800 bits per heavy atom. The van der Waals surface area contributed by atoms with Crippen molar-refractivity contribution in [3.05, 3.63) is 54.1 Å². The molecule has 2 aromatic carbocycles. The number of nitrogens with one attached hydrogen (secondary N) is 1. The second kappa shape index (κ2) is 10.3. The monoisotopic (exact) mass is 523 g/mol. The van der Waals surface area contributed by atoms with Gasteiger partial charge in [0, 0.05) is 37.4 Å². The largest absolute Gasteiger partial charge is 0.379 e. The highest BCUT2D eigenvalue weighted by Crippen LogP contribution is 2.23. The topological polar surface area (TPSA) is 122 Å². The number of carbonyl (C=O) groups is 1. The van der Waals surface area contributed by atoms with Crippen molar-refractivity contribution in [1.29, 1.82) is 0 Å². The van der Waals surface area contributed by atoms with Crippen LogP contribution in [-0.2, 0) is 29.5 Å². The van der Waals surface area contributed by atoms with E-state index in [0.29, 0.717) is 32.0 Å². The van der Waals surface area contributed by atoms with Crippen LogP contribution in [-0.4, -0.2) is 83.0 Å². The fourth-order valence-electron chi connectivity index (χ4n) is 4.10. The molecule has 0 radical (unpaired) electrons. The van der Waals surface area contributed by atoms with Gasteiger partial charge in [0.2, 0.25) is 20.0 Å². The van der Waals surface area contributed by atoms with Crippen molar-refractivity contribution in [2.75, 3.05) is 44.7 Å². The first-order valence-corrected chi connectivity index (χ1v) is 14.2. The number of benzene rings is 2. The van der Waals surface area contributed by atoms with Gasteiger partial charge in [-0.05, 0) is 62.4 Å². The van der Waals surface area contributed by atoms with E-state index in [4.69, 9.17) is 9.47 Å². The molecule has 0 bridgehead atoms. The zero-order valence-electron chi connectivity index (χ0n) is 19.6. The van der Waals surface area contributed by atoms with E-state index in [9.17, 15) is 21.6 Å². The van der Waals surface area contributed by atoms with Crippen molar-refractivity contribution in [2.45, 2.75) is 35.8 Å². The van der Waals surface area contributed by atoms with E-state index in [-0.39, 0.29) is 40.7 Å². The van der Waals surface area contributed by atoms with Gasteiger partial charge in [-0.25, -0.2) is 16.8 Å². The number of nitrogens with zero attached hydrogens (tertiary/aromatic N) is 2. The van der Waals surface area contributed by atoms with Gasteiger partial charge in [-0.15, -0.1) is 0 Å². The van der Waals surface area contributed by atoms with Gasteiger partial charge in [0.05, 0.1) is 35.2 Å². The van der Waals surface area contributed by atoms with Crippen LogP contribution in [0.1, 0.15) is 24.2 Å². The maximum Gasteiger partial charge on any atom is 0.255 e. The lowest BCUT2D eigenvalue weighted by Gasteiger charge is -2.34. The summed E-state index contributed by atoms with van der Waals surface area (Å²) in [4.78, 5) is 12.9. The van der Waals surface area contributed by atoms with Gasteiger partial charge in [-0.3, -0.25) is 4.79 Å². The summed E-state index contributed by atoms with van der Waals surface area (Å²) in [5.74, 6) is -0.439. The van der Waals surface area contributed by atoms with Crippen LogP contribution in [0.25, 0.3) is 0 Å². The molecule has 35 heavy (non-hydrogen) atoms. The van der Waals surface area contributed by atoms with Gasteiger partial charge in [-0.1, -0.05) is 0 Å². The summed E-state index contributed by atoms with van der Waals surface area (Å²) < 4.78 is 65.0. The Bertz CT molecular complexity index is 1250. The molecule has 1 N–H and O–H groups in total. The first-order chi connectivity index (χ1) is 16.6. The Balaban J connectivity index is 1.42. The fraction of sp³-hybridized carbons (Fsp3) is 0.435. The normalized spacial score (nSPS) is 22.6. The van der Waals surface area contributed by atoms with Crippen LogP contribution < -0.4 is 5.32 Å². The molecule has 2 aromatic rings. The number of amides is 1. The Labute approximate surface area is 205 Å². The van der Waals surface area contributed by atoms with Crippen molar-refractivity contribution in [1.82, 2.24) is 8.61 Å². The zero-order chi connectivity index (χ0) is 25.2. The van der Waals surface area contributed by atoms with Gasteiger partial charge in [0.15, 0.2) is 0 Å². The first kappa shape index (κ1) is 25.7. The number of hydrogen-bond donors (Lipinski definition) is 1. The molecule has 0 aromatic heterocycles. The molecule has 2 saturated heterocycles. The summed E-state index contributed by atoms with van der Waals surface area (Å²) >= 11 is 0. The molecule has 2 aliphatic rings. The quantitative estimate of drug-likeness (QED) is 0.612. The van der Waals surface area contributed by atoms with Crippen LogP contribution in [0.4, 0.5) is 5.69 Å². The highest BCUT2D eigenvalue weighted by molar-refractivity contribution is 7.89. The smallest absolute Gasteiger partial charge is 0.255 e. The van der Waals surface area contributed by atoms with E-state index in [1.54, 1.807) is 0 Å². The highest BCUT2D eigenvalue weighted by atomic mass is 32.2. The number of morpholine rings is 2. The molecule has 190 valence electrons. The maximum atomic E-state index is 13.0. The summed E-state index contributed by atoms with van der Waals surface area (Å²) in [6, 6.07) is 11.6. The van der Waals surface area contributed by atoms with Gasteiger partial charge in [-0.2, -0.15) is 8.61 Å². The summed E-state index contributed by atoms with van der Waals surface area (Å²) in [5, 5.41) is 2.71. The lowest BCUT2D eigenvalue weighted by Crippen LogP contribution is -2.48. The molecule has 4 rings (SSSR count). The van der Waals surface area contributed by atoms with Gasteiger partial charge in [0.25, 0.3) is 5.91 Å². The first-order valence-electron chi connectivity index (χ1n) is 11.3. The van der Waals surface area contributed by atoms with Gasteiger partial charge < -0.3 is 14.8 Å². The lowest BCUT2D eigenvalue weighted by atomic mass is 10.2. The van der Waals surface area contributed by atoms with Crippen LogP contribution in [0.5, 0.6) is 0 Å². The standard InChI is InChI=1S/C23H29N3O7S2/c1-17-15-26(16-18(2)33-17)35(30,31)21-7-3-19(4-8-21)23(27)24-20-5-9-22(10-6-20)34(28,29)25-11-13-32-14-12-25/h3-10,17-18H,11-16H2,1-2H3,(H,24,27)/t17-,18-/m0/s1.